The van der Waals surface area contributed by atoms with E-state index in [2.05, 4.69) is 25.4 Å². The number of benzene rings is 1. The molecule has 0 saturated heterocycles. The van der Waals surface area contributed by atoms with Gasteiger partial charge in [-0.2, -0.15) is 5.10 Å². The number of aryl methyl sites for hydroxylation is 1. The molecule has 11 heteroatoms. The lowest BCUT2D eigenvalue weighted by Gasteiger charge is -2.17. The highest BCUT2D eigenvalue weighted by atomic mass is 35.5. The molecule has 0 spiro atoms. The molecule has 32 heavy (non-hydrogen) atoms. The number of carbonyl (C=O) groups excluding carboxylic acids is 1. The third-order valence-corrected chi connectivity index (χ3v) is 4.80. The summed E-state index contributed by atoms with van der Waals surface area (Å²) in [4.78, 5) is 25.3. The first kappa shape index (κ1) is 21.6. The van der Waals surface area contributed by atoms with Crippen molar-refractivity contribution in [2.75, 3.05) is 19.0 Å². The average molecular weight is 457 g/mol. The van der Waals surface area contributed by atoms with Gasteiger partial charge in [0.25, 0.3) is 5.91 Å². The smallest absolute Gasteiger partial charge is 0.269 e. The molecule has 3 heterocycles. The fourth-order valence-electron chi connectivity index (χ4n) is 2.94. The Balaban J connectivity index is 1.62. The molecule has 0 aliphatic heterocycles. The van der Waals surface area contributed by atoms with E-state index in [0.29, 0.717) is 22.5 Å². The van der Waals surface area contributed by atoms with Crippen molar-refractivity contribution in [1.29, 1.82) is 0 Å². The molecule has 0 fully saturated rings. The maximum Gasteiger partial charge on any atom is 0.269 e. The Kier molecular flexibility index (Phi) is 6.24. The molecule has 4 rings (SSSR count). The van der Waals surface area contributed by atoms with Crippen molar-refractivity contribution in [1.82, 2.24) is 24.7 Å². The van der Waals surface area contributed by atoms with E-state index < -0.39 is 17.8 Å². The Bertz CT molecular complexity index is 1260. The minimum absolute atomic E-state index is 0.0267. The van der Waals surface area contributed by atoms with Crippen LogP contribution < -0.4 is 10.1 Å². The van der Waals surface area contributed by atoms with Crippen molar-refractivity contribution < 1.29 is 18.7 Å². The second kappa shape index (κ2) is 9.25. The van der Waals surface area contributed by atoms with E-state index in [9.17, 15) is 9.18 Å². The van der Waals surface area contributed by atoms with Gasteiger partial charge in [-0.15, -0.1) is 0 Å². The third kappa shape index (κ3) is 4.51. The predicted molar refractivity (Wildman–Crippen MR) is 116 cm³/mol. The molecule has 1 amide bonds. The highest BCUT2D eigenvalue weighted by molar-refractivity contribution is 6.32. The predicted octanol–water partition coefficient (Wildman–Crippen LogP) is 3.34. The second-order valence-electron chi connectivity index (χ2n) is 6.84. The number of fused-ring (bicyclic) bond motifs is 1. The average Bonchev–Trinajstić information content (AvgIpc) is 3.20. The number of hydrogen-bond donors (Lipinski definition) is 1. The zero-order valence-corrected chi connectivity index (χ0v) is 17.9. The van der Waals surface area contributed by atoms with Crippen molar-refractivity contribution in [3.63, 3.8) is 0 Å². The van der Waals surface area contributed by atoms with Gasteiger partial charge < -0.3 is 14.8 Å². The zero-order valence-electron chi connectivity index (χ0n) is 17.1. The van der Waals surface area contributed by atoms with Gasteiger partial charge in [-0.3, -0.25) is 4.79 Å². The van der Waals surface area contributed by atoms with E-state index in [1.807, 2.05) is 13.0 Å². The minimum Gasteiger partial charge on any atom is -0.461 e. The molecule has 4 aromatic rings. The molecule has 0 saturated carbocycles. The Hall–Kier alpha value is -3.63. The molecule has 0 bridgehead atoms. The van der Waals surface area contributed by atoms with Crippen LogP contribution in [0.4, 0.5) is 10.2 Å². The molecule has 0 unspecified atom stereocenters. The van der Waals surface area contributed by atoms with Gasteiger partial charge in [0.2, 0.25) is 12.0 Å². The van der Waals surface area contributed by atoms with Crippen molar-refractivity contribution >= 4 is 34.4 Å². The van der Waals surface area contributed by atoms with Gasteiger partial charge in [0.1, 0.15) is 23.3 Å². The summed E-state index contributed by atoms with van der Waals surface area (Å²) in [6, 6.07) is 7.46. The molecule has 0 aliphatic carbocycles. The topological polar surface area (TPSA) is 104 Å². The number of hydrogen-bond acceptors (Lipinski definition) is 7. The van der Waals surface area contributed by atoms with Gasteiger partial charge in [-0.25, -0.2) is 24.0 Å². The second-order valence-corrected chi connectivity index (χ2v) is 7.25. The van der Waals surface area contributed by atoms with Crippen molar-refractivity contribution in [3.05, 3.63) is 65.5 Å². The number of ether oxygens (including phenoxy) is 2. The summed E-state index contributed by atoms with van der Waals surface area (Å²) in [5, 5.41) is 7.58. The largest absolute Gasteiger partial charge is 0.461 e. The number of halogens is 2. The van der Waals surface area contributed by atoms with Gasteiger partial charge in [-0.1, -0.05) is 17.7 Å². The van der Waals surface area contributed by atoms with Crippen LogP contribution in [0.3, 0.4) is 0 Å². The van der Waals surface area contributed by atoms with Crippen LogP contribution in [-0.2, 0) is 9.53 Å². The normalized spacial score (nSPS) is 12.0. The van der Waals surface area contributed by atoms with Gasteiger partial charge in [0.15, 0.2) is 5.65 Å². The fraction of sp³-hybridized carbons (Fsp3) is 0.190. The SMILES string of the molecule is COC[C@H](Oc1ncnc2c1cnn2-c1ccc(F)cc1Cl)C(=O)Nc1ccc(C)cn1. The third-order valence-electron chi connectivity index (χ3n) is 4.49. The van der Waals surface area contributed by atoms with Crippen molar-refractivity contribution in [2.24, 2.45) is 0 Å². The number of rotatable bonds is 7. The van der Waals surface area contributed by atoms with Gasteiger partial charge in [0, 0.05) is 13.3 Å². The van der Waals surface area contributed by atoms with E-state index in [-0.39, 0.29) is 17.5 Å². The van der Waals surface area contributed by atoms with Crippen LogP contribution in [0.2, 0.25) is 5.02 Å². The summed E-state index contributed by atoms with van der Waals surface area (Å²) >= 11 is 6.16. The molecule has 0 radical (unpaired) electrons. The first-order chi connectivity index (χ1) is 15.5. The quantitative estimate of drug-likeness (QED) is 0.454. The molecule has 9 nitrogen and oxygen atoms in total. The molecule has 164 valence electrons. The van der Waals surface area contributed by atoms with Gasteiger partial charge >= 0.3 is 0 Å². The van der Waals surface area contributed by atoms with Crippen molar-refractivity contribution in [2.45, 2.75) is 13.0 Å². The van der Waals surface area contributed by atoms with E-state index in [1.54, 1.807) is 12.3 Å². The van der Waals surface area contributed by atoms with Crippen LogP contribution >= 0.6 is 11.6 Å². The van der Waals surface area contributed by atoms with E-state index in [4.69, 9.17) is 21.1 Å². The molecule has 1 N–H and O–H groups in total. The number of amides is 1. The number of nitrogens with one attached hydrogen (secondary N) is 1. The fourth-order valence-corrected chi connectivity index (χ4v) is 3.19. The number of methoxy groups -OCH3 is 1. The van der Waals surface area contributed by atoms with Crippen LogP contribution in [0.5, 0.6) is 5.88 Å². The first-order valence-electron chi connectivity index (χ1n) is 9.49. The molecule has 0 aliphatic rings. The lowest BCUT2D eigenvalue weighted by Crippen LogP contribution is -2.37. The Labute approximate surface area is 187 Å². The summed E-state index contributed by atoms with van der Waals surface area (Å²) in [7, 11) is 1.46. The van der Waals surface area contributed by atoms with Crippen LogP contribution in [0.1, 0.15) is 5.56 Å². The molecular formula is C21H18ClFN6O3. The maximum absolute atomic E-state index is 13.4. The van der Waals surface area contributed by atoms with Crippen LogP contribution in [-0.4, -0.2) is 50.5 Å². The first-order valence-corrected chi connectivity index (χ1v) is 9.87. The van der Waals surface area contributed by atoms with Crippen LogP contribution in [0.15, 0.2) is 49.1 Å². The summed E-state index contributed by atoms with van der Waals surface area (Å²) < 4.78 is 25.9. The summed E-state index contributed by atoms with van der Waals surface area (Å²) in [5.41, 5.74) is 1.78. The number of anilines is 1. The number of carbonyl (C=O) groups is 1. The van der Waals surface area contributed by atoms with Gasteiger partial charge in [0.05, 0.1) is 23.5 Å². The number of pyridine rings is 1. The standard InChI is InChI=1S/C21H18ClFN6O3/c1-12-3-6-18(24-8-12)28-20(30)17(10-31-2)32-21-14-9-27-29(19(14)25-11-26-21)16-5-4-13(23)7-15(16)22/h3-9,11,17H,10H2,1-2H3,(H,24,28,30)/t17-/m0/s1. The summed E-state index contributed by atoms with van der Waals surface area (Å²) in [6.07, 6.45) is 3.38. The van der Waals surface area contributed by atoms with E-state index in [0.717, 1.165) is 5.56 Å². The molecular weight excluding hydrogens is 439 g/mol. The lowest BCUT2D eigenvalue weighted by molar-refractivity contribution is -0.125. The lowest BCUT2D eigenvalue weighted by atomic mass is 10.3. The van der Waals surface area contributed by atoms with E-state index in [1.165, 1.54) is 42.5 Å². The Morgan fingerprint density at radius 3 is 2.78 bits per heavy atom. The van der Waals surface area contributed by atoms with Crippen LogP contribution in [0, 0.1) is 12.7 Å². The number of nitrogens with zero attached hydrogens (tertiary/aromatic N) is 5. The summed E-state index contributed by atoms with van der Waals surface area (Å²) in [6.45, 7) is 1.87. The van der Waals surface area contributed by atoms with E-state index >= 15 is 0 Å². The van der Waals surface area contributed by atoms with Crippen LogP contribution in [0.25, 0.3) is 16.7 Å². The summed E-state index contributed by atoms with van der Waals surface area (Å²) in [5.74, 6) is -0.403. The molecule has 3 aromatic heterocycles. The highest BCUT2D eigenvalue weighted by Crippen LogP contribution is 2.28. The number of aromatic nitrogens is 5. The molecule has 1 aromatic carbocycles. The maximum atomic E-state index is 13.4. The Morgan fingerprint density at radius 2 is 2.06 bits per heavy atom. The monoisotopic (exact) mass is 456 g/mol. The molecule has 1 atom stereocenters. The van der Waals surface area contributed by atoms with Gasteiger partial charge in [-0.05, 0) is 36.8 Å². The Morgan fingerprint density at radius 1 is 1.22 bits per heavy atom. The minimum atomic E-state index is -1.01. The van der Waals surface area contributed by atoms with Crippen molar-refractivity contribution in [3.8, 4) is 11.6 Å². The highest BCUT2D eigenvalue weighted by Gasteiger charge is 2.24. The zero-order chi connectivity index (χ0) is 22.7.